The Balaban J connectivity index is 1.21. The van der Waals surface area contributed by atoms with E-state index in [1.165, 1.54) is 69.5 Å². The van der Waals surface area contributed by atoms with Gasteiger partial charge in [-0.1, -0.05) is 31.0 Å². The van der Waals surface area contributed by atoms with Crippen LogP contribution in [0.5, 0.6) is 0 Å². The summed E-state index contributed by atoms with van der Waals surface area (Å²) in [6.45, 7) is 0. The molecular weight excluding hydrogens is 358 g/mol. The van der Waals surface area contributed by atoms with Gasteiger partial charge < -0.3 is 9.32 Å². The second-order valence-electron chi connectivity index (χ2n) is 9.66. The molecular formula is C21H31N3O2S. The van der Waals surface area contributed by atoms with Crippen molar-refractivity contribution in [1.29, 1.82) is 0 Å². The predicted octanol–water partition coefficient (Wildman–Crippen LogP) is 4.42. The Hall–Kier alpha value is -1.04. The number of carbonyl (C=O) groups excluding carboxylic acids is 1. The van der Waals surface area contributed by atoms with Gasteiger partial charge in [0, 0.05) is 18.5 Å². The normalized spacial score (nSPS) is 35.5. The second kappa shape index (κ2) is 7.09. The zero-order chi connectivity index (χ0) is 18.4. The van der Waals surface area contributed by atoms with Crippen LogP contribution in [-0.4, -0.2) is 39.8 Å². The summed E-state index contributed by atoms with van der Waals surface area (Å²) in [6.07, 6.45) is 14.0. The van der Waals surface area contributed by atoms with Crippen LogP contribution in [0.1, 0.15) is 76.5 Å². The molecule has 1 heterocycles. The van der Waals surface area contributed by atoms with Gasteiger partial charge in [-0.05, 0) is 69.1 Å². The molecule has 148 valence electrons. The molecule has 0 unspecified atom stereocenters. The molecule has 0 saturated heterocycles. The average Bonchev–Trinajstić information content (AvgIpc) is 3.15. The summed E-state index contributed by atoms with van der Waals surface area (Å²) in [6, 6.07) is 0.414. The molecule has 5 aliphatic rings. The third kappa shape index (κ3) is 3.43. The Morgan fingerprint density at radius 3 is 2.33 bits per heavy atom. The molecule has 1 aromatic rings. The molecule has 0 N–H and O–H groups in total. The van der Waals surface area contributed by atoms with E-state index in [0.29, 0.717) is 17.0 Å². The molecule has 0 spiro atoms. The lowest BCUT2D eigenvalue weighted by Crippen LogP contribution is -2.48. The molecule has 0 aromatic carbocycles. The van der Waals surface area contributed by atoms with Gasteiger partial charge in [-0.25, -0.2) is 0 Å². The summed E-state index contributed by atoms with van der Waals surface area (Å²) in [5, 5.41) is 9.32. The lowest BCUT2D eigenvalue weighted by Gasteiger charge is -2.55. The quantitative estimate of drug-likeness (QED) is 0.698. The Kier molecular flexibility index (Phi) is 4.73. The fraction of sp³-hybridized carbons (Fsp3) is 0.857. The van der Waals surface area contributed by atoms with E-state index in [2.05, 4.69) is 10.2 Å². The highest BCUT2D eigenvalue weighted by molar-refractivity contribution is 7.99. The van der Waals surface area contributed by atoms with Crippen molar-refractivity contribution in [2.24, 2.45) is 17.8 Å². The Morgan fingerprint density at radius 1 is 1.07 bits per heavy atom. The smallest absolute Gasteiger partial charge is 0.277 e. The van der Waals surface area contributed by atoms with Crippen molar-refractivity contribution in [3.63, 3.8) is 0 Å². The Bertz CT molecular complexity index is 662. The fourth-order valence-electron chi connectivity index (χ4n) is 6.75. The van der Waals surface area contributed by atoms with E-state index in [9.17, 15) is 4.79 Å². The van der Waals surface area contributed by atoms with Crippen LogP contribution in [-0.2, 0) is 10.2 Å². The van der Waals surface area contributed by atoms with Gasteiger partial charge >= 0.3 is 0 Å². The SMILES string of the molecule is CN(C(=O)CSc1nnc(C23CC4CC(CC(C4)C2)C3)o1)C1CCCCC1. The molecule has 5 nitrogen and oxygen atoms in total. The van der Waals surface area contributed by atoms with Crippen molar-refractivity contribution in [2.75, 3.05) is 12.8 Å². The van der Waals surface area contributed by atoms with E-state index in [-0.39, 0.29) is 11.3 Å². The van der Waals surface area contributed by atoms with Crippen LogP contribution in [0.3, 0.4) is 0 Å². The van der Waals surface area contributed by atoms with Gasteiger partial charge in [0.2, 0.25) is 11.8 Å². The third-order valence-corrected chi connectivity index (χ3v) is 8.54. The minimum Gasteiger partial charge on any atom is -0.415 e. The highest BCUT2D eigenvalue weighted by atomic mass is 32.2. The van der Waals surface area contributed by atoms with Crippen molar-refractivity contribution >= 4 is 17.7 Å². The largest absolute Gasteiger partial charge is 0.415 e. The van der Waals surface area contributed by atoms with E-state index in [1.807, 2.05) is 11.9 Å². The van der Waals surface area contributed by atoms with Crippen LogP contribution in [0.15, 0.2) is 9.64 Å². The minimum atomic E-state index is 0.142. The van der Waals surface area contributed by atoms with Gasteiger partial charge in [0.05, 0.1) is 5.75 Å². The van der Waals surface area contributed by atoms with E-state index in [4.69, 9.17) is 4.42 Å². The number of aromatic nitrogens is 2. The molecule has 1 amide bonds. The van der Waals surface area contributed by atoms with Gasteiger partial charge in [-0.3, -0.25) is 4.79 Å². The van der Waals surface area contributed by atoms with E-state index < -0.39 is 0 Å². The second-order valence-corrected chi connectivity index (χ2v) is 10.6. The third-order valence-electron chi connectivity index (χ3n) is 7.73. The van der Waals surface area contributed by atoms with Gasteiger partial charge in [0.1, 0.15) is 0 Å². The zero-order valence-electron chi connectivity index (χ0n) is 16.4. The number of rotatable bonds is 5. The molecule has 5 aliphatic carbocycles. The molecule has 1 aromatic heterocycles. The summed E-state index contributed by atoms with van der Waals surface area (Å²) in [4.78, 5) is 14.5. The molecule has 0 aliphatic heterocycles. The fourth-order valence-corrected chi connectivity index (χ4v) is 7.44. The Morgan fingerprint density at radius 2 is 1.70 bits per heavy atom. The van der Waals surface area contributed by atoms with Gasteiger partial charge in [0.25, 0.3) is 5.22 Å². The number of carbonyl (C=O) groups is 1. The van der Waals surface area contributed by atoms with Gasteiger partial charge in [0.15, 0.2) is 0 Å². The standard InChI is InChI=1S/C21H31N3O2S/c1-24(17-5-3-2-4-6-17)18(25)13-27-20-23-22-19(26-20)21-10-14-7-15(11-21)9-16(8-14)12-21/h14-17H,2-13H2,1H3. The lowest BCUT2D eigenvalue weighted by atomic mass is 9.49. The first-order valence-corrected chi connectivity index (χ1v) is 11.8. The van der Waals surface area contributed by atoms with E-state index in [0.717, 1.165) is 36.5 Å². The molecule has 27 heavy (non-hydrogen) atoms. The van der Waals surface area contributed by atoms with Crippen molar-refractivity contribution < 1.29 is 9.21 Å². The molecule has 5 saturated carbocycles. The van der Waals surface area contributed by atoms with Crippen LogP contribution in [0, 0.1) is 17.8 Å². The maximum absolute atomic E-state index is 12.6. The minimum absolute atomic E-state index is 0.142. The summed E-state index contributed by atoms with van der Waals surface area (Å²) in [7, 11) is 1.95. The monoisotopic (exact) mass is 389 g/mol. The van der Waals surface area contributed by atoms with Crippen molar-refractivity contribution in [3.8, 4) is 0 Å². The first kappa shape index (κ1) is 18.0. The van der Waals surface area contributed by atoms with Gasteiger partial charge in [-0.2, -0.15) is 0 Å². The van der Waals surface area contributed by atoms with Crippen LogP contribution in [0.2, 0.25) is 0 Å². The predicted molar refractivity (Wildman–Crippen MR) is 105 cm³/mol. The van der Waals surface area contributed by atoms with Crippen molar-refractivity contribution in [3.05, 3.63) is 5.89 Å². The number of hydrogen-bond donors (Lipinski definition) is 0. The summed E-state index contributed by atoms with van der Waals surface area (Å²) >= 11 is 1.41. The van der Waals surface area contributed by atoms with Crippen molar-refractivity contribution in [2.45, 2.75) is 87.3 Å². The summed E-state index contributed by atoms with van der Waals surface area (Å²) < 4.78 is 6.11. The Labute approximate surface area is 166 Å². The highest BCUT2D eigenvalue weighted by Gasteiger charge is 2.54. The van der Waals surface area contributed by atoms with Gasteiger partial charge in [-0.15, -0.1) is 10.2 Å². The summed E-state index contributed by atoms with van der Waals surface area (Å²) in [5.41, 5.74) is 0.142. The first-order chi connectivity index (χ1) is 13.1. The number of amides is 1. The first-order valence-electron chi connectivity index (χ1n) is 10.8. The molecule has 6 heteroatoms. The molecule has 6 rings (SSSR count). The summed E-state index contributed by atoms with van der Waals surface area (Å²) in [5.74, 6) is 4.04. The van der Waals surface area contributed by atoms with Crippen LogP contribution in [0.4, 0.5) is 0 Å². The highest BCUT2D eigenvalue weighted by Crippen LogP contribution is 2.60. The van der Waals surface area contributed by atoms with E-state index in [1.54, 1.807) is 0 Å². The number of nitrogens with zero attached hydrogens (tertiary/aromatic N) is 3. The lowest BCUT2D eigenvalue weighted by molar-refractivity contribution is -0.129. The number of hydrogen-bond acceptors (Lipinski definition) is 5. The van der Waals surface area contributed by atoms with Crippen LogP contribution in [0.25, 0.3) is 0 Å². The van der Waals surface area contributed by atoms with Crippen molar-refractivity contribution in [1.82, 2.24) is 15.1 Å². The maximum Gasteiger partial charge on any atom is 0.277 e. The average molecular weight is 390 g/mol. The van der Waals surface area contributed by atoms with Crippen LogP contribution < -0.4 is 0 Å². The molecule has 5 fully saturated rings. The molecule has 4 bridgehead atoms. The van der Waals surface area contributed by atoms with Crippen LogP contribution >= 0.6 is 11.8 Å². The number of thioether (sulfide) groups is 1. The topological polar surface area (TPSA) is 59.2 Å². The molecule has 0 atom stereocenters. The molecule has 0 radical (unpaired) electrons. The van der Waals surface area contributed by atoms with E-state index >= 15 is 0 Å². The maximum atomic E-state index is 12.6. The zero-order valence-corrected chi connectivity index (χ0v) is 17.2.